The molecule has 8 heteroatoms. The van der Waals surface area contributed by atoms with Crippen molar-refractivity contribution in [3.8, 4) is 0 Å². The number of primary amides is 1. The van der Waals surface area contributed by atoms with Crippen molar-refractivity contribution in [1.82, 2.24) is 14.3 Å². The molecular weight excluding hydrogens is 389 g/mol. The van der Waals surface area contributed by atoms with Crippen LogP contribution < -0.4 is 11.1 Å². The first-order chi connectivity index (χ1) is 15.0. The van der Waals surface area contributed by atoms with E-state index in [1.807, 2.05) is 17.5 Å². The Bertz CT molecular complexity index is 1280. The zero-order valence-corrected chi connectivity index (χ0v) is 17.4. The average molecular weight is 411 g/mol. The zero-order valence-electron chi connectivity index (χ0n) is 17.4. The first-order valence-corrected chi connectivity index (χ1v) is 10.1. The monoisotopic (exact) mass is 411 g/mol. The standard InChI is InChI=1S/C23H22BN5O2/c1-3-15-8-10-16(11-9-15)13-29-14(2)22(28-24-29)27-23(31)18-12-20(21(25)30)26-19-7-5-4-6-17(18)19/h4-12H,3,13H2,1-2H3,(H2,25,30)(H,27,31). The molecule has 0 bridgehead atoms. The number of fused-ring (bicyclic) bond motifs is 1. The van der Waals surface area contributed by atoms with Gasteiger partial charge in [0.15, 0.2) is 0 Å². The Morgan fingerprint density at radius 2 is 1.81 bits per heavy atom. The van der Waals surface area contributed by atoms with Gasteiger partial charge in [-0.1, -0.05) is 0 Å². The maximum atomic E-state index is 13.1. The van der Waals surface area contributed by atoms with Crippen LogP contribution in [0, 0.1) is 6.92 Å². The van der Waals surface area contributed by atoms with Crippen LogP contribution >= 0.6 is 0 Å². The van der Waals surface area contributed by atoms with Crippen molar-refractivity contribution in [2.75, 3.05) is 5.32 Å². The van der Waals surface area contributed by atoms with E-state index in [4.69, 9.17) is 5.73 Å². The van der Waals surface area contributed by atoms with Gasteiger partial charge in [0.2, 0.25) is 0 Å². The van der Waals surface area contributed by atoms with E-state index in [1.165, 1.54) is 11.6 Å². The second kappa shape index (κ2) is 8.51. The van der Waals surface area contributed by atoms with Gasteiger partial charge in [-0.3, -0.25) is 0 Å². The molecule has 2 aromatic carbocycles. The molecule has 0 aliphatic heterocycles. The predicted molar refractivity (Wildman–Crippen MR) is 121 cm³/mol. The number of nitrogens with one attached hydrogen (secondary N) is 1. The molecule has 0 unspecified atom stereocenters. The van der Waals surface area contributed by atoms with Crippen molar-refractivity contribution < 1.29 is 9.59 Å². The number of carbonyl (C=O) groups excluding carboxylic acids is 2. The molecule has 154 valence electrons. The number of carbonyl (C=O) groups is 2. The number of hydrogen-bond acceptors (Lipinski definition) is 4. The van der Waals surface area contributed by atoms with Crippen LogP contribution in [0.5, 0.6) is 0 Å². The summed E-state index contributed by atoms with van der Waals surface area (Å²) in [6.45, 7) is 4.69. The molecule has 0 fully saturated rings. The number of nitrogens with zero attached hydrogens (tertiary/aromatic N) is 3. The van der Waals surface area contributed by atoms with Gasteiger partial charge in [0.25, 0.3) is 0 Å². The van der Waals surface area contributed by atoms with Crippen LogP contribution in [0.3, 0.4) is 0 Å². The van der Waals surface area contributed by atoms with Gasteiger partial charge in [-0.25, -0.2) is 0 Å². The minimum atomic E-state index is -0.686. The van der Waals surface area contributed by atoms with Crippen LogP contribution in [0.25, 0.3) is 10.9 Å². The van der Waals surface area contributed by atoms with Gasteiger partial charge in [0.05, 0.1) is 0 Å². The SMILES string of the molecule is CCc1ccc(Cn2bnc(NC(=O)c3cc(C(N)=O)nc4ccccc34)c2C)cc1. The Labute approximate surface area is 180 Å². The van der Waals surface area contributed by atoms with E-state index in [9.17, 15) is 9.59 Å². The van der Waals surface area contributed by atoms with E-state index in [1.54, 1.807) is 25.4 Å². The summed E-state index contributed by atoms with van der Waals surface area (Å²) in [5.74, 6) is -0.590. The van der Waals surface area contributed by atoms with Crippen LogP contribution in [0.4, 0.5) is 5.82 Å². The van der Waals surface area contributed by atoms with Gasteiger partial charge >= 0.3 is 180 Å². The normalized spacial score (nSPS) is 10.8. The minimum absolute atomic E-state index is 0.0432. The van der Waals surface area contributed by atoms with E-state index in [-0.39, 0.29) is 11.6 Å². The molecule has 0 radical (unpaired) electrons. The van der Waals surface area contributed by atoms with Crippen molar-refractivity contribution in [2.45, 2.75) is 26.8 Å². The molecule has 2 amide bonds. The van der Waals surface area contributed by atoms with E-state index in [0.29, 0.717) is 28.8 Å². The first-order valence-electron chi connectivity index (χ1n) is 10.1. The molecule has 0 spiro atoms. The van der Waals surface area contributed by atoms with Crippen molar-refractivity contribution in [3.05, 3.63) is 82.7 Å². The van der Waals surface area contributed by atoms with E-state index < -0.39 is 5.91 Å². The first kappa shape index (κ1) is 20.5. The molecule has 2 aromatic heterocycles. The van der Waals surface area contributed by atoms with Crippen molar-refractivity contribution >= 4 is 35.7 Å². The number of amides is 2. The Morgan fingerprint density at radius 3 is 2.52 bits per heavy atom. The van der Waals surface area contributed by atoms with Crippen LogP contribution in [0.15, 0.2) is 54.6 Å². The molecule has 2 heterocycles. The van der Waals surface area contributed by atoms with Gasteiger partial charge in [-0.05, 0) is 0 Å². The maximum absolute atomic E-state index is 13.1. The van der Waals surface area contributed by atoms with E-state index >= 15 is 0 Å². The Morgan fingerprint density at radius 1 is 1.10 bits per heavy atom. The van der Waals surface area contributed by atoms with Gasteiger partial charge in [-0.2, -0.15) is 0 Å². The summed E-state index contributed by atoms with van der Waals surface area (Å²) in [7, 11) is 1.71. The number of hydrogen-bond donors (Lipinski definition) is 2. The Hall–Kier alpha value is -3.81. The topological polar surface area (TPSA) is 103 Å². The molecule has 0 saturated heterocycles. The van der Waals surface area contributed by atoms with Gasteiger partial charge in [0, 0.05) is 0 Å². The average Bonchev–Trinajstić information content (AvgIpc) is 3.12. The second-order valence-corrected chi connectivity index (χ2v) is 7.37. The number of aryl methyl sites for hydroxylation is 1. The Balaban J connectivity index is 1.60. The van der Waals surface area contributed by atoms with Crippen molar-refractivity contribution in [1.29, 1.82) is 0 Å². The van der Waals surface area contributed by atoms with Gasteiger partial charge < -0.3 is 0 Å². The summed E-state index contributed by atoms with van der Waals surface area (Å²) in [5, 5.41) is 3.50. The number of aromatic nitrogens is 3. The third-order valence-electron chi connectivity index (χ3n) is 5.33. The summed E-state index contributed by atoms with van der Waals surface area (Å²) in [6.07, 6.45) is 1.00. The molecule has 31 heavy (non-hydrogen) atoms. The molecule has 7 nitrogen and oxygen atoms in total. The van der Waals surface area contributed by atoms with Crippen LogP contribution in [-0.4, -0.2) is 33.4 Å². The molecule has 0 aliphatic carbocycles. The third kappa shape index (κ3) is 4.23. The third-order valence-corrected chi connectivity index (χ3v) is 5.33. The summed E-state index contributed by atoms with van der Waals surface area (Å²) in [4.78, 5) is 33.3. The van der Waals surface area contributed by atoms with Gasteiger partial charge in [0.1, 0.15) is 0 Å². The number of pyridine rings is 1. The summed E-state index contributed by atoms with van der Waals surface area (Å²) in [5.41, 5.74) is 9.57. The van der Waals surface area contributed by atoms with Crippen LogP contribution in [0.2, 0.25) is 0 Å². The summed E-state index contributed by atoms with van der Waals surface area (Å²) >= 11 is 0. The fourth-order valence-electron chi connectivity index (χ4n) is 3.47. The Kier molecular flexibility index (Phi) is 5.62. The molecular formula is C23H22BN5O2. The number of para-hydroxylation sites is 1. The van der Waals surface area contributed by atoms with Crippen molar-refractivity contribution in [3.63, 3.8) is 0 Å². The molecule has 0 saturated carbocycles. The second-order valence-electron chi connectivity index (χ2n) is 7.37. The summed E-state index contributed by atoms with van der Waals surface area (Å²) < 4.78 is 1.98. The van der Waals surface area contributed by atoms with E-state index in [2.05, 4.69) is 46.4 Å². The molecule has 0 atom stereocenters. The quantitative estimate of drug-likeness (QED) is 0.509. The number of anilines is 1. The summed E-state index contributed by atoms with van der Waals surface area (Å²) in [6, 6.07) is 17.0. The van der Waals surface area contributed by atoms with Crippen LogP contribution in [-0.2, 0) is 13.0 Å². The molecule has 0 aliphatic rings. The molecule has 4 aromatic rings. The predicted octanol–water partition coefficient (Wildman–Crippen LogP) is 3.04. The van der Waals surface area contributed by atoms with Crippen molar-refractivity contribution in [2.24, 2.45) is 5.73 Å². The molecule has 4 rings (SSSR count). The molecule has 3 N–H and O–H groups in total. The fraction of sp³-hybridized carbons (Fsp3) is 0.174. The van der Waals surface area contributed by atoms with Gasteiger partial charge in [-0.15, -0.1) is 0 Å². The van der Waals surface area contributed by atoms with Crippen LogP contribution in [0.1, 0.15) is 44.6 Å². The number of benzene rings is 2. The number of nitrogens with two attached hydrogens (primary N) is 1. The van der Waals surface area contributed by atoms with E-state index in [0.717, 1.165) is 17.7 Å². The number of rotatable bonds is 6. The fourth-order valence-corrected chi connectivity index (χ4v) is 3.47. The zero-order chi connectivity index (χ0) is 22.0.